The summed E-state index contributed by atoms with van der Waals surface area (Å²) in [6, 6.07) is 8.03. The summed E-state index contributed by atoms with van der Waals surface area (Å²) in [4.78, 5) is 4.71. The van der Waals surface area contributed by atoms with Crippen molar-refractivity contribution in [1.29, 1.82) is 0 Å². The molecule has 1 aromatic carbocycles. The monoisotopic (exact) mass is 334 g/mol. The SMILES string of the molecule is CC(C)(C)c1nnc(CN2CCN(c3cccc(Cl)c3)CC2)o1. The molecule has 0 amide bonds. The van der Waals surface area contributed by atoms with Gasteiger partial charge in [-0.25, -0.2) is 0 Å². The van der Waals surface area contributed by atoms with E-state index in [1.807, 2.05) is 18.2 Å². The van der Waals surface area contributed by atoms with Crippen molar-refractivity contribution in [2.75, 3.05) is 31.1 Å². The van der Waals surface area contributed by atoms with Crippen LogP contribution >= 0.6 is 11.6 Å². The Morgan fingerprint density at radius 1 is 1.13 bits per heavy atom. The second-order valence-electron chi connectivity index (χ2n) is 6.99. The molecule has 6 heteroatoms. The second kappa shape index (κ2) is 6.49. The molecule has 0 radical (unpaired) electrons. The first-order valence-corrected chi connectivity index (χ1v) is 8.35. The van der Waals surface area contributed by atoms with Gasteiger partial charge in [-0.05, 0) is 18.2 Å². The van der Waals surface area contributed by atoms with Gasteiger partial charge in [0.25, 0.3) is 0 Å². The molecule has 0 saturated carbocycles. The molecule has 0 bridgehead atoms. The molecule has 0 aliphatic carbocycles. The normalized spacial score (nSPS) is 16.8. The number of benzene rings is 1. The van der Waals surface area contributed by atoms with Crippen LogP contribution in [0.4, 0.5) is 5.69 Å². The average molecular weight is 335 g/mol. The van der Waals surface area contributed by atoms with Crippen LogP contribution in [0.1, 0.15) is 32.6 Å². The first kappa shape index (κ1) is 16.3. The van der Waals surface area contributed by atoms with Crippen LogP contribution in [0.2, 0.25) is 5.02 Å². The standard InChI is InChI=1S/C17H23ClN4O/c1-17(2,3)16-20-19-15(23-16)12-21-7-9-22(10-8-21)14-6-4-5-13(18)11-14/h4-6,11H,7-10,12H2,1-3H3. The van der Waals surface area contributed by atoms with Crippen LogP contribution in [0, 0.1) is 0 Å². The molecule has 1 aliphatic rings. The Bertz CT molecular complexity index is 657. The first-order valence-electron chi connectivity index (χ1n) is 7.97. The van der Waals surface area contributed by atoms with E-state index in [0.29, 0.717) is 18.3 Å². The number of rotatable bonds is 3. The number of hydrogen-bond donors (Lipinski definition) is 0. The van der Waals surface area contributed by atoms with E-state index in [2.05, 4.69) is 46.8 Å². The van der Waals surface area contributed by atoms with E-state index in [1.54, 1.807) is 0 Å². The van der Waals surface area contributed by atoms with Crippen LogP contribution in [-0.4, -0.2) is 41.3 Å². The molecular formula is C17H23ClN4O. The molecule has 1 aromatic heterocycles. The van der Waals surface area contributed by atoms with Crippen LogP contribution in [-0.2, 0) is 12.0 Å². The van der Waals surface area contributed by atoms with Gasteiger partial charge in [0.05, 0.1) is 6.54 Å². The van der Waals surface area contributed by atoms with Crippen molar-refractivity contribution in [3.05, 3.63) is 41.1 Å². The highest BCUT2D eigenvalue weighted by Gasteiger charge is 2.23. The molecule has 1 saturated heterocycles. The zero-order chi connectivity index (χ0) is 16.4. The zero-order valence-corrected chi connectivity index (χ0v) is 14.7. The van der Waals surface area contributed by atoms with Crippen molar-refractivity contribution in [2.24, 2.45) is 0 Å². The highest BCUT2D eigenvalue weighted by Crippen LogP contribution is 2.23. The summed E-state index contributed by atoms with van der Waals surface area (Å²) in [6.07, 6.45) is 0. The van der Waals surface area contributed by atoms with Gasteiger partial charge in [0.1, 0.15) is 0 Å². The van der Waals surface area contributed by atoms with Crippen LogP contribution in [0.25, 0.3) is 0 Å². The van der Waals surface area contributed by atoms with Crippen LogP contribution < -0.4 is 4.90 Å². The zero-order valence-electron chi connectivity index (χ0n) is 13.9. The highest BCUT2D eigenvalue weighted by molar-refractivity contribution is 6.30. The number of aromatic nitrogens is 2. The first-order chi connectivity index (χ1) is 10.9. The average Bonchev–Trinajstić information content (AvgIpc) is 2.97. The quantitative estimate of drug-likeness (QED) is 0.861. The smallest absolute Gasteiger partial charge is 0.230 e. The molecule has 0 unspecified atom stereocenters. The van der Waals surface area contributed by atoms with Crippen molar-refractivity contribution in [3.63, 3.8) is 0 Å². The molecule has 2 aromatic rings. The molecule has 124 valence electrons. The third-order valence-corrected chi connectivity index (χ3v) is 4.25. The maximum absolute atomic E-state index is 6.07. The Morgan fingerprint density at radius 3 is 2.48 bits per heavy atom. The largest absolute Gasteiger partial charge is 0.423 e. The van der Waals surface area contributed by atoms with Gasteiger partial charge in [-0.2, -0.15) is 0 Å². The third kappa shape index (κ3) is 4.03. The molecule has 3 rings (SSSR count). The number of piperazine rings is 1. The molecule has 1 aliphatic heterocycles. The second-order valence-corrected chi connectivity index (χ2v) is 7.43. The van der Waals surface area contributed by atoms with Crippen molar-refractivity contribution < 1.29 is 4.42 Å². The fourth-order valence-corrected chi connectivity index (χ4v) is 2.83. The lowest BCUT2D eigenvalue weighted by atomic mass is 9.97. The fraction of sp³-hybridized carbons (Fsp3) is 0.529. The van der Waals surface area contributed by atoms with Gasteiger partial charge >= 0.3 is 0 Å². The molecule has 0 spiro atoms. The van der Waals surface area contributed by atoms with E-state index < -0.39 is 0 Å². The molecule has 23 heavy (non-hydrogen) atoms. The van der Waals surface area contributed by atoms with Gasteiger partial charge < -0.3 is 9.32 Å². The number of nitrogens with zero attached hydrogens (tertiary/aromatic N) is 4. The fourth-order valence-electron chi connectivity index (χ4n) is 2.65. The van der Waals surface area contributed by atoms with E-state index in [-0.39, 0.29) is 5.41 Å². The van der Waals surface area contributed by atoms with E-state index in [9.17, 15) is 0 Å². The van der Waals surface area contributed by atoms with Crippen molar-refractivity contribution in [3.8, 4) is 0 Å². The van der Waals surface area contributed by atoms with Crippen molar-refractivity contribution in [2.45, 2.75) is 32.7 Å². The minimum Gasteiger partial charge on any atom is -0.423 e. The Hall–Kier alpha value is -1.59. The number of halogens is 1. The molecule has 0 N–H and O–H groups in total. The van der Waals surface area contributed by atoms with Gasteiger partial charge in [-0.15, -0.1) is 10.2 Å². The minimum atomic E-state index is -0.101. The third-order valence-electron chi connectivity index (χ3n) is 4.01. The summed E-state index contributed by atoms with van der Waals surface area (Å²) in [5.41, 5.74) is 1.08. The molecule has 1 fully saturated rings. The maximum Gasteiger partial charge on any atom is 0.230 e. The lowest BCUT2D eigenvalue weighted by Gasteiger charge is -2.35. The predicted molar refractivity (Wildman–Crippen MR) is 91.9 cm³/mol. The predicted octanol–water partition coefficient (Wildman–Crippen LogP) is 3.34. The van der Waals surface area contributed by atoms with E-state index in [4.69, 9.17) is 16.0 Å². The maximum atomic E-state index is 6.07. The Labute approximate surface area is 142 Å². The molecule has 0 atom stereocenters. The van der Waals surface area contributed by atoms with Gasteiger partial charge in [0.15, 0.2) is 0 Å². The number of anilines is 1. The highest BCUT2D eigenvalue weighted by atomic mass is 35.5. The summed E-state index contributed by atoms with van der Waals surface area (Å²) in [5.74, 6) is 1.40. The minimum absolute atomic E-state index is 0.101. The Morgan fingerprint density at radius 2 is 1.87 bits per heavy atom. The van der Waals surface area contributed by atoms with Crippen molar-refractivity contribution >= 4 is 17.3 Å². The van der Waals surface area contributed by atoms with Gasteiger partial charge in [-0.1, -0.05) is 38.4 Å². The van der Waals surface area contributed by atoms with E-state index in [0.717, 1.165) is 31.2 Å². The van der Waals surface area contributed by atoms with E-state index >= 15 is 0 Å². The van der Waals surface area contributed by atoms with Crippen LogP contribution in [0.15, 0.2) is 28.7 Å². The number of hydrogen-bond acceptors (Lipinski definition) is 5. The lowest BCUT2D eigenvalue weighted by Crippen LogP contribution is -2.46. The van der Waals surface area contributed by atoms with Gasteiger partial charge in [-0.3, -0.25) is 4.90 Å². The summed E-state index contributed by atoms with van der Waals surface area (Å²) in [6.45, 7) is 10.8. The molecule has 5 nitrogen and oxygen atoms in total. The topological polar surface area (TPSA) is 45.4 Å². The van der Waals surface area contributed by atoms with Gasteiger partial charge in [0, 0.05) is 42.3 Å². The lowest BCUT2D eigenvalue weighted by molar-refractivity contribution is 0.221. The molecular weight excluding hydrogens is 312 g/mol. The molecule has 2 heterocycles. The van der Waals surface area contributed by atoms with Gasteiger partial charge in [0.2, 0.25) is 11.8 Å². The summed E-state index contributed by atoms with van der Waals surface area (Å²) >= 11 is 6.07. The van der Waals surface area contributed by atoms with Crippen LogP contribution in [0.3, 0.4) is 0 Å². The summed E-state index contributed by atoms with van der Waals surface area (Å²) < 4.78 is 5.78. The Kier molecular flexibility index (Phi) is 4.60. The van der Waals surface area contributed by atoms with E-state index in [1.165, 1.54) is 5.69 Å². The van der Waals surface area contributed by atoms with Crippen molar-refractivity contribution in [1.82, 2.24) is 15.1 Å². The van der Waals surface area contributed by atoms with Crippen LogP contribution in [0.5, 0.6) is 0 Å². The summed E-state index contributed by atoms with van der Waals surface area (Å²) in [5, 5.41) is 9.12. The Balaban J connectivity index is 1.56. The summed E-state index contributed by atoms with van der Waals surface area (Å²) in [7, 11) is 0.